The van der Waals surface area contributed by atoms with Gasteiger partial charge in [-0.3, -0.25) is 10.4 Å². The zero-order chi connectivity index (χ0) is 11.8. The molecule has 5 nitrogen and oxygen atoms in total. The van der Waals surface area contributed by atoms with Crippen molar-refractivity contribution in [2.24, 2.45) is 0 Å². The third-order valence-corrected chi connectivity index (χ3v) is 2.68. The molecule has 0 radical (unpaired) electrons. The highest BCUT2D eigenvalue weighted by Crippen LogP contribution is 2.29. The van der Waals surface area contributed by atoms with Crippen LogP contribution in [0.5, 0.6) is 0 Å². The summed E-state index contributed by atoms with van der Waals surface area (Å²) in [6.45, 7) is 0. The molecule has 0 saturated carbocycles. The number of hydrogen-bond acceptors (Lipinski definition) is 2. The second-order valence-corrected chi connectivity index (χ2v) is 3.71. The summed E-state index contributed by atoms with van der Waals surface area (Å²) in [6.07, 6.45) is -1.12. The van der Waals surface area contributed by atoms with Crippen LogP contribution >= 0.6 is 0 Å². The molecule has 2 aromatic carbocycles. The molecule has 0 saturated heterocycles. The predicted molar refractivity (Wildman–Crippen MR) is 65.2 cm³/mol. The van der Waals surface area contributed by atoms with Crippen LogP contribution in [0, 0.1) is 0 Å². The van der Waals surface area contributed by atoms with Crippen LogP contribution in [0.3, 0.4) is 0 Å². The zero-order valence-electron chi connectivity index (χ0n) is 8.77. The number of nitrogens with zero attached hydrogens (tertiary/aromatic N) is 1. The molecule has 3 N–H and O–H groups in total. The Hall–Kier alpha value is -2.56. The zero-order valence-corrected chi connectivity index (χ0v) is 8.77. The summed E-state index contributed by atoms with van der Waals surface area (Å²) >= 11 is 0. The van der Waals surface area contributed by atoms with Crippen molar-refractivity contribution >= 4 is 33.6 Å². The average molecular weight is 227 g/mol. The van der Waals surface area contributed by atoms with Gasteiger partial charge in [-0.05, 0) is 16.8 Å². The maximum atomic E-state index is 10.7. The van der Waals surface area contributed by atoms with Gasteiger partial charge in [0.05, 0.1) is 10.9 Å². The number of H-pyrrole nitrogens is 1. The van der Waals surface area contributed by atoms with E-state index in [2.05, 4.69) is 15.5 Å². The third-order valence-electron chi connectivity index (χ3n) is 2.68. The van der Waals surface area contributed by atoms with Gasteiger partial charge < -0.3 is 5.11 Å². The van der Waals surface area contributed by atoms with Crippen molar-refractivity contribution in [3.8, 4) is 0 Å². The number of anilines is 1. The Bertz CT molecular complexity index is 718. The Kier molecular flexibility index (Phi) is 1.98. The van der Waals surface area contributed by atoms with Gasteiger partial charge in [-0.2, -0.15) is 5.10 Å². The van der Waals surface area contributed by atoms with E-state index in [1.54, 1.807) is 0 Å². The molecule has 0 aliphatic carbocycles. The van der Waals surface area contributed by atoms with Crippen molar-refractivity contribution < 1.29 is 9.90 Å². The second-order valence-electron chi connectivity index (χ2n) is 3.71. The minimum atomic E-state index is -1.12. The number of carboxylic acid groups (broad SMARTS) is 1. The van der Waals surface area contributed by atoms with Crippen LogP contribution in [0.4, 0.5) is 10.6 Å². The highest BCUT2D eigenvalue weighted by molar-refractivity contribution is 6.13. The first kappa shape index (κ1) is 9.65. The van der Waals surface area contributed by atoms with Gasteiger partial charge in [-0.25, -0.2) is 4.79 Å². The maximum absolute atomic E-state index is 10.7. The van der Waals surface area contributed by atoms with Gasteiger partial charge in [0.2, 0.25) is 0 Å². The van der Waals surface area contributed by atoms with Crippen molar-refractivity contribution in [3.05, 3.63) is 36.4 Å². The lowest BCUT2D eigenvalue weighted by Gasteiger charge is -2.01. The standard InChI is InChI=1S/C12H9N3O2/c16-12(17)13-11-10-8-4-2-1-3-7(8)5-6-9(10)14-15-11/h1-6H,(H,16,17)(H2,13,14,15). The Morgan fingerprint density at radius 2 is 2.06 bits per heavy atom. The third kappa shape index (κ3) is 1.48. The highest BCUT2D eigenvalue weighted by Gasteiger charge is 2.10. The van der Waals surface area contributed by atoms with E-state index in [0.29, 0.717) is 5.82 Å². The quantitative estimate of drug-likeness (QED) is 0.598. The fraction of sp³-hybridized carbons (Fsp3) is 0. The van der Waals surface area contributed by atoms with Crippen molar-refractivity contribution in [3.63, 3.8) is 0 Å². The average Bonchev–Trinajstić information content (AvgIpc) is 2.72. The largest absolute Gasteiger partial charge is 0.465 e. The van der Waals surface area contributed by atoms with Crippen molar-refractivity contribution in [1.29, 1.82) is 0 Å². The first-order valence-electron chi connectivity index (χ1n) is 5.11. The van der Waals surface area contributed by atoms with Gasteiger partial charge in [0.15, 0.2) is 5.82 Å². The SMILES string of the molecule is O=C(O)Nc1n[nH]c2ccc3ccccc3c12. The summed E-state index contributed by atoms with van der Waals surface area (Å²) in [6, 6.07) is 11.6. The van der Waals surface area contributed by atoms with E-state index in [4.69, 9.17) is 5.11 Å². The molecular weight excluding hydrogens is 218 g/mol. The second kappa shape index (κ2) is 3.48. The summed E-state index contributed by atoms with van der Waals surface area (Å²) in [4.78, 5) is 10.7. The molecule has 17 heavy (non-hydrogen) atoms. The summed E-state index contributed by atoms with van der Waals surface area (Å²) in [5, 5.41) is 20.6. The number of aromatic nitrogens is 2. The van der Waals surface area contributed by atoms with Crippen molar-refractivity contribution in [2.75, 3.05) is 5.32 Å². The van der Waals surface area contributed by atoms with Crippen LogP contribution in [0.15, 0.2) is 36.4 Å². The van der Waals surface area contributed by atoms with Gasteiger partial charge >= 0.3 is 6.09 Å². The van der Waals surface area contributed by atoms with E-state index in [1.807, 2.05) is 36.4 Å². The number of benzene rings is 2. The van der Waals surface area contributed by atoms with Gasteiger partial charge in [0.1, 0.15) is 0 Å². The molecule has 3 rings (SSSR count). The summed E-state index contributed by atoms with van der Waals surface area (Å²) in [7, 11) is 0. The molecule has 0 aliphatic rings. The molecule has 0 aliphatic heterocycles. The van der Waals surface area contributed by atoms with Crippen molar-refractivity contribution in [2.45, 2.75) is 0 Å². The number of aromatic amines is 1. The fourth-order valence-electron chi connectivity index (χ4n) is 1.98. The van der Waals surface area contributed by atoms with Gasteiger partial charge in [0, 0.05) is 0 Å². The van der Waals surface area contributed by atoms with E-state index in [1.165, 1.54) is 0 Å². The number of rotatable bonds is 1. The Morgan fingerprint density at radius 3 is 2.88 bits per heavy atom. The molecule has 0 spiro atoms. The summed E-state index contributed by atoms with van der Waals surface area (Å²) in [5.41, 5.74) is 0.812. The lowest BCUT2D eigenvalue weighted by Crippen LogP contribution is -2.07. The highest BCUT2D eigenvalue weighted by atomic mass is 16.4. The lowest BCUT2D eigenvalue weighted by molar-refractivity contribution is 0.209. The van der Waals surface area contributed by atoms with Crippen LogP contribution in [0.2, 0.25) is 0 Å². The molecule has 5 heteroatoms. The van der Waals surface area contributed by atoms with E-state index < -0.39 is 6.09 Å². The van der Waals surface area contributed by atoms with E-state index >= 15 is 0 Å². The summed E-state index contributed by atoms with van der Waals surface area (Å²) < 4.78 is 0. The number of carbonyl (C=O) groups is 1. The topological polar surface area (TPSA) is 78.0 Å². The minimum Gasteiger partial charge on any atom is -0.465 e. The van der Waals surface area contributed by atoms with Gasteiger partial charge in [-0.15, -0.1) is 0 Å². The molecule has 0 unspecified atom stereocenters. The van der Waals surface area contributed by atoms with Gasteiger partial charge in [-0.1, -0.05) is 30.3 Å². The maximum Gasteiger partial charge on any atom is 0.410 e. The number of amides is 1. The van der Waals surface area contributed by atoms with E-state index in [-0.39, 0.29) is 0 Å². The number of hydrogen-bond donors (Lipinski definition) is 3. The molecular formula is C12H9N3O2. The summed E-state index contributed by atoms with van der Waals surface area (Å²) in [5.74, 6) is 0.337. The van der Waals surface area contributed by atoms with Crippen LogP contribution in [-0.4, -0.2) is 21.4 Å². The van der Waals surface area contributed by atoms with Gasteiger partial charge in [0.25, 0.3) is 0 Å². The molecule has 1 aromatic heterocycles. The molecule has 0 bridgehead atoms. The predicted octanol–water partition coefficient (Wildman–Crippen LogP) is 2.81. The Morgan fingerprint density at radius 1 is 1.24 bits per heavy atom. The fourth-order valence-corrected chi connectivity index (χ4v) is 1.98. The van der Waals surface area contributed by atoms with E-state index in [9.17, 15) is 4.79 Å². The van der Waals surface area contributed by atoms with Crippen LogP contribution < -0.4 is 5.32 Å². The monoisotopic (exact) mass is 227 g/mol. The number of fused-ring (bicyclic) bond motifs is 3. The molecule has 84 valence electrons. The first-order valence-corrected chi connectivity index (χ1v) is 5.11. The van der Waals surface area contributed by atoms with E-state index in [0.717, 1.165) is 21.7 Å². The molecule has 1 amide bonds. The van der Waals surface area contributed by atoms with Crippen LogP contribution in [0.1, 0.15) is 0 Å². The molecule has 3 aromatic rings. The Balaban J connectivity index is 2.38. The Labute approximate surface area is 96.1 Å². The molecule has 0 fully saturated rings. The first-order chi connectivity index (χ1) is 8.25. The molecule has 0 atom stereocenters. The van der Waals surface area contributed by atoms with Crippen LogP contribution in [0.25, 0.3) is 21.7 Å². The minimum absolute atomic E-state index is 0.337. The lowest BCUT2D eigenvalue weighted by atomic mass is 10.1. The van der Waals surface area contributed by atoms with Crippen LogP contribution in [-0.2, 0) is 0 Å². The number of nitrogens with one attached hydrogen (secondary N) is 2. The normalized spacial score (nSPS) is 10.8. The smallest absolute Gasteiger partial charge is 0.410 e. The molecule has 1 heterocycles. The van der Waals surface area contributed by atoms with Crippen molar-refractivity contribution in [1.82, 2.24) is 10.2 Å².